The zero-order valence-corrected chi connectivity index (χ0v) is 20.2. The van der Waals surface area contributed by atoms with E-state index in [0.717, 1.165) is 17.7 Å². The van der Waals surface area contributed by atoms with E-state index in [1.54, 1.807) is 12.1 Å². The van der Waals surface area contributed by atoms with Crippen molar-refractivity contribution in [2.24, 2.45) is 11.3 Å². The van der Waals surface area contributed by atoms with Crippen molar-refractivity contribution in [2.75, 3.05) is 18.5 Å². The Kier molecular flexibility index (Phi) is 7.43. The molecule has 0 radical (unpaired) electrons. The fraction of sp³-hybridized carbons (Fsp3) is 0.560. The van der Waals surface area contributed by atoms with E-state index < -0.39 is 42.4 Å². The van der Waals surface area contributed by atoms with Gasteiger partial charge in [-0.25, -0.2) is 4.79 Å². The molecule has 2 N–H and O–H groups in total. The molecule has 1 spiro atoms. The predicted molar refractivity (Wildman–Crippen MR) is 125 cm³/mol. The summed E-state index contributed by atoms with van der Waals surface area (Å²) in [6.45, 7) is 7.03. The van der Waals surface area contributed by atoms with Gasteiger partial charge in [0.1, 0.15) is 12.1 Å². The first kappa shape index (κ1) is 25.4. The normalized spacial score (nSPS) is 23.5. The summed E-state index contributed by atoms with van der Waals surface area (Å²) < 4.78 is 5.05. The van der Waals surface area contributed by atoms with Gasteiger partial charge in [-0.15, -0.1) is 0 Å². The van der Waals surface area contributed by atoms with Gasteiger partial charge >= 0.3 is 12.0 Å². The molecule has 2 fully saturated rings. The fourth-order valence-corrected chi connectivity index (χ4v) is 5.24. The van der Waals surface area contributed by atoms with Gasteiger partial charge in [-0.05, 0) is 61.3 Å². The standard InChI is InChI=1S/C25H33N3O6/c1-5-6-20(30)26-18-9-7-17(8-10-18)19(29)14-34-21(31)13-28-22(32)25(27-23(28)33)12-16(2)11-24(3,4)15-25/h7-10,16H,5-6,11-15H2,1-4H3,(H,26,30)(H,27,33). The van der Waals surface area contributed by atoms with E-state index in [-0.39, 0.29) is 17.2 Å². The molecule has 2 atom stereocenters. The number of ether oxygens (including phenoxy) is 1. The lowest BCUT2D eigenvalue weighted by atomic mass is 9.64. The van der Waals surface area contributed by atoms with Crippen LogP contribution in [-0.2, 0) is 19.1 Å². The van der Waals surface area contributed by atoms with Crippen LogP contribution in [0.2, 0.25) is 0 Å². The number of nitrogens with one attached hydrogen (secondary N) is 2. The van der Waals surface area contributed by atoms with Gasteiger partial charge in [0.25, 0.3) is 5.91 Å². The lowest BCUT2D eigenvalue weighted by Gasteiger charge is -2.43. The summed E-state index contributed by atoms with van der Waals surface area (Å²) in [6, 6.07) is 5.65. The second-order valence-corrected chi connectivity index (χ2v) is 10.2. The monoisotopic (exact) mass is 471 g/mol. The van der Waals surface area contributed by atoms with Crippen LogP contribution >= 0.6 is 0 Å². The smallest absolute Gasteiger partial charge is 0.326 e. The third-order valence-corrected chi connectivity index (χ3v) is 6.24. The molecule has 1 heterocycles. The first-order chi connectivity index (χ1) is 15.9. The summed E-state index contributed by atoms with van der Waals surface area (Å²) in [7, 11) is 0. The maximum Gasteiger partial charge on any atom is 0.326 e. The average Bonchev–Trinajstić information content (AvgIpc) is 2.94. The number of amides is 4. The van der Waals surface area contributed by atoms with Gasteiger partial charge < -0.3 is 15.4 Å². The Morgan fingerprint density at radius 2 is 1.82 bits per heavy atom. The number of benzene rings is 1. The topological polar surface area (TPSA) is 122 Å². The highest BCUT2D eigenvalue weighted by atomic mass is 16.5. The van der Waals surface area contributed by atoms with Gasteiger partial charge in [-0.3, -0.25) is 24.1 Å². The van der Waals surface area contributed by atoms with Gasteiger partial charge in [0.15, 0.2) is 12.4 Å². The molecule has 1 aromatic carbocycles. The van der Waals surface area contributed by atoms with Crippen molar-refractivity contribution >= 4 is 35.3 Å². The Hall–Kier alpha value is -3.23. The number of esters is 1. The second kappa shape index (κ2) is 9.95. The zero-order chi connectivity index (χ0) is 25.1. The first-order valence-electron chi connectivity index (χ1n) is 11.7. The van der Waals surface area contributed by atoms with Crippen LogP contribution in [-0.4, -0.2) is 53.2 Å². The minimum atomic E-state index is -0.997. The third kappa shape index (κ3) is 5.81. The SMILES string of the molecule is CCCC(=O)Nc1ccc(C(=O)COC(=O)CN2C(=O)NC3(CC(C)CC(C)(C)C3)C2=O)cc1. The molecule has 2 unspecified atom stereocenters. The molecule has 1 saturated carbocycles. The number of ketones is 1. The number of hydrogen-bond donors (Lipinski definition) is 2. The number of hydrogen-bond acceptors (Lipinski definition) is 6. The van der Waals surface area contributed by atoms with Gasteiger partial charge in [0.05, 0.1) is 0 Å². The molecule has 184 valence electrons. The summed E-state index contributed by atoms with van der Waals surface area (Å²) in [5.74, 6) is -1.54. The molecule has 1 aliphatic heterocycles. The molecule has 1 aliphatic carbocycles. The van der Waals surface area contributed by atoms with Gasteiger partial charge in [0.2, 0.25) is 5.91 Å². The molecule has 9 heteroatoms. The van der Waals surface area contributed by atoms with Crippen molar-refractivity contribution < 1.29 is 28.7 Å². The molecule has 2 aliphatic rings. The number of carbonyl (C=O) groups is 5. The molecule has 3 rings (SSSR count). The Labute approximate surface area is 199 Å². The highest BCUT2D eigenvalue weighted by Gasteiger charge is 2.56. The second-order valence-electron chi connectivity index (χ2n) is 10.2. The van der Waals surface area contributed by atoms with Crippen molar-refractivity contribution in [2.45, 2.75) is 65.3 Å². The van der Waals surface area contributed by atoms with Crippen LogP contribution in [0.25, 0.3) is 0 Å². The number of anilines is 1. The van der Waals surface area contributed by atoms with Gasteiger partial charge in [-0.2, -0.15) is 0 Å². The molecule has 34 heavy (non-hydrogen) atoms. The van der Waals surface area contributed by atoms with Gasteiger partial charge in [-0.1, -0.05) is 27.7 Å². The minimum Gasteiger partial charge on any atom is -0.456 e. The Morgan fingerprint density at radius 1 is 1.15 bits per heavy atom. The molecule has 1 saturated heterocycles. The Morgan fingerprint density at radius 3 is 2.44 bits per heavy atom. The molecule has 1 aromatic rings. The summed E-state index contributed by atoms with van der Waals surface area (Å²) in [6.07, 6.45) is 3.13. The number of carbonyl (C=O) groups excluding carboxylic acids is 5. The average molecular weight is 472 g/mol. The zero-order valence-electron chi connectivity index (χ0n) is 20.2. The number of nitrogens with zero attached hydrogens (tertiary/aromatic N) is 1. The summed E-state index contributed by atoms with van der Waals surface area (Å²) in [5, 5.41) is 5.54. The molecular weight excluding hydrogens is 438 g/mol. The van der Waals surface area contributed by atoms with Crippen LogP contribution in [0.4, 0.5) is 10.5 Å². The minimum absolute atomic E-state index is 0.107. The molecule has 0 aromatic heterocycles. The van der Waals surface area contributed by atoms with Crippen LogP contribution in [0.3, 0.4) is 0 Å². The van der Waals surface area contributed by atoms with E-state index in [4.69, 9.17) is 4.74 Å². The van der Waals surface area contributed by atoms with E-state index in [0.29, 0.717) is 30.5 Å². The summed E-state index contributed by atoms with van der Waals surface area (Å²) in [5.41, 5.74) is -0.228. The van der Waals surface area contributed by atoms with E-state index in [2.05, 4.69) is 31.4 Å². The largest absolute Gasteiger partial charge is 0.456 e. The van der Waals surface area contributed by atoms with Crippen LogP contribution in [0.5, 0.6) is 0 Å². The third-order valence-electron chi connectivity index (χ3n) is 6.24. The van der Waals surface area contributed by atoms with E-state index in [1.807, 2.05) is 6.92 Å². The Bertz CT molecular complexity index is 987. The fourth-order valence-electron chi connectivity index (χ4n) is 5.24. The predicted octanol–water partition coefficient (Wildman–Crippen LogP) is 3.29. The molecule has 4 amide bonds. The van der Waals surface area contributed by atoms with Crippen LogP contribution < -0.4 is 10.6 Å². The van der Waals surface area contributed by atoms with Crippen LogP contribution in [0.15, 0.2) is 24.3 Å². The van der Waals surface area contributed by atoms with Crippen LogP contribution in [0.1, 0.15) is 70.2 Å². The highest BCUT2D eigenvalue weighted by molar-refractivity contribution is 6.09. The van der Waals surface area contributed by atoms with Crippen molar-refractivity contribution in [3.63, 3.8) is 0 Å². The molecule has 9 nitrogen and oxygen atoms in total. The van der Waals surface area contributed by atoms with Crippen molar-refractivity contribution in [1.29, 1.82) is 0 Å². The van der Waals surface area contributed by atoms with E-state index in [9.17, 15) is 24.0 Å². The van der Waals surface area contributed by atoms with E-state index in [1.165, 1.54) is 12.1 Å². The number of rotatable bonds is 8. The Balaban J connectivity index is 1.54. The first-order valence-corrected chi connectivity index (χ1v) is 11.7. The van der Waals surface area contributed by atoms with E-state index >= 15 is 0 Å². The van der Waals surface area contributed by atoms with Gasteiger partial charge in [0, 0.05) is 17.7 Å². The molecule has 0 bridgehead atoms. The van der Waals surface area contributed by atoms with Crippen molar-refractivity contribution in [3.05, 3.63) is 29.8 Å². The number of imide groups is 1. The summed E-state index contributed by atoms with van der Waals surface area (Å²) in [4.78, 5) is 62.9. The van der Waals surface area contributed by atoms with Crippen LogP contribution in [0, 0.1) is 11.3 Å². The van der Waals surface area contributed by atoms with Crippen molar-refractivity contribution in [1.82, 2.24) is 10.2 Å². The van der Waals surface area contributed by atoms with Crippen molar-refractivity contribution in [3.8, 4) is 0 Å². The lowest BCUT2D eigenvalue weighted by Crippen LogP contribution is -2.54. The maximum absolute atomic E-state index is 13.1. The summed E-state index contributed by atoms with van der Waals surface area (Å²) >= 11 is 0. The maximum atomic E-state index is 13.1. The molecular formula is C25H33N3O6. The quantitative estimate of drug-likeness (QED) is 0.341. The number of urea groups is 1. The number of Topliss-reactive ketones (excluding diaryl/α,β-unsaturated/α-hetero) is 1. The highest BCUT2D eigenvalue weighted by Crippen LogP contribution is 2.46. The lowest BCUT2D eigenvalue weighted by molar-refractivity contribution is -0.147.